The van der Waals surface area contributed by atoms with E-state index in [-0.39, 0.29) is 18.0 Å². The van der Waals surface area contributed by atoms with Crippen LogP contribution in [-0.4, -0.2) is 16.6 Å². The third kappa shape index (κ3) is 3.93. The molecule has 0 bridgehead atoms. The Hall–Kier alpha value is -2.62. The average Bonchev–Trinajstić information content (AvgIpc) is 3.10. The second-order valence-electron chi connectivity index (χ2n) is 7.20. The van der Waals surface area contributed by atoms with E-state index in [0.29, 0.717) is 15.9 Å². The summed E-state index contributed by atoms with van der Waals surface area (Å²) in [4.78, 5) is 19.6. The van der Waals surface area contributed by atoms with Gasteiger partial charge in [0.15, 0.2) is 0 Å². The summed E-state index contributed by atoms with van der Waals surface area (Å²) in [5, 5.41) is 1.32. The monoisotopic (exact) mass is 422 g/mol. The number of rotatable bonds is 3. The lowest BCUT2D eigenvalue weighted by molar-refractivity contribution is -0.126. The molecule has 0 saturated heterocycles. The first kappa shape index (κ1) is 19.7. The number of aliphatic imine (C=N–C) groups is 1. The van der Waals surface area contributed by atoms with Gasteiger partial charge in [-0.05, 0) is 42.3 Å². The van der Waals surface area contributed by atoms with Crippen molar-refractivity contribution in [2.24, 2.45) is 4.99 Å². The highest BCUT2D eigenvalue weighted by Crippen LogP contribution is 2.43. The molecule has 2 atom stereocenters. The molecule has 0 aromatic heterocycles. The maximum absolute atomic E-state index is 12.8. The first-order chi connectivity index (χ1) is 13.9. The molecule has 0 saturated carbocycles. The summed E-state index contributed by atoms with van der Waals surface area (Å²) < 4.78 is 0. The van der Waals surface area contributed by atoms with E-state index in [0.717, 1.165) is 22.3 Å². The molecule has 146 valence electrons. The number of nitrogens with zero attached hydrogens (tertiary/aromatic N) is 2. The Bertz CT molecular complexity index is 1060. The van der Waals surface area contributed by atoms with Crippen molar-refractivity contribution in [1.82, 2.24) is 4.90 Å². The number of carbonyl (C=O) groups is 1. The lowest BCUT2D eigenvalue weighted by atomic mass is 9.93. The molecule has 4 rings (SSSR count). The minimum atomic E-state index is -0.262. The van der Waals surface area contributed by atoms with Gasteiger partial charge in [0.05, 0.1) is 6.04 Å². The predicted molar refractivity (Wildman–Crippen MR) is 119 cm³/mol. The van der Waals surface area contributed by atoms with Crippen molar-refractivity contribution in [2.45, 2.75) is 25.9 Å². The maximum atomic E-state index is 12.8. The van der Waals surface area contributed by atoms with Crippen LogP contribution >= 0.6 is 23.2 Å². The van der Waals surface area contributed by atoms with Crippen molar-refractivity contribution in [3.63, 3.8) is 0 Å². The first-order valence-corrected chi connectivity index (χ1v) is 10.2. The SMILES string of the molecule is CC(=O)N1C(c2ccc(C)cc2)=N[C@H](c2ccc(Cl)cc2)[C@@H]1c1ccc(Cl)cc1. The van der Waals surface area contributed by atoms with Crippen molar-refractivity contribution < 1.29 is 4.79 Å². The molecule has 0 spiro atoms. The van der Waals surface area contributed by atoms with Gasteiger partial charge in [0.25, 0.3) is 0 Å². The van der Waals surface area contributed by atoms with E-state index in [1.807, 2.05) is 79.7 Å². The quantitative estimate of drug-likeness (QED) is 0.480. The summed E-state index contributed by atoms with van der Waals surface area (Å²) >= 11 is 12.2. The second-order valence-corrected chi connectivity index (χ2v) is 8.07. The van der Waals surface area contributed by atoms with E-state index in [4.69, 9.17) is 28.2 Å². The van der Waals surface area contributed by atoms with Gasteiger partial charge in [-0.3, -0.25) is 14.7 Å². The Morgan fingerprint density at radius 3 is 1.86 bits per heavy atom. The summed E-state index contributed by atoms with van der Waals surface area (Å²) in [6.45, 7) is 3.62. The van der Waals surface area contributed by atoms with Gasteiger partial charge >= 0.3 is 0 Å². The number of amidine groups is 1. The number of aryl methyl sites for hydroxylation is 1. The molecule has 1 heterocycles. The molecule has 29 heavy (non-hydrogen) atoms. The van der Waals surface area contributed by atoms with Crippen LogP contribution in [0.3, 0.4) is 0 Å². The topological polar surface area (TPSA) is 32.7 Å². The fourth-order valence-electron chi connectivity index (χ4n) is 3.71. The third-order valence-electron chi connectivity index (χ3n) is 5.14. The van der Waals surface area contributed by atoms with E-state index in [2.05, 4.69) is 0 Å². The van der Waals surface area contributed by atoms with Crippen LogP contribution in [0.1, 0.15) is 41.3 Å². The van der Waals surface area contributed by atoms with Gasteiger partial charge in [-0.15, -0.1) is 0 Å². The highest BCUT2D eigenvalue weighted by molar-refractivity contribution is 6.30. The zero-order valence-corrected chi connectivity index (χ0v) is 17.7. The molecule has 3 nitrogen and oxygen atoms in total. The average molecular weight is 423 g/mol. The van der Waals surface area contributed by atoms with Crippen LogP contribution in [-0.2, 0) is 4.79 Å². The Kier molecular flexibility index (Phi) is 5.44. The number of benzene rings is 3. The lowest BCUT2D eigenvalue weighted by Gasteiger charge is -2.28. The summed E-state index contributed by atoms with van der Waals surface area (Å²) in [5.41, 5.74) is 4.06. The largest absolute Gasteiger partial charge is 0.287 e. The molecule has 5 heteroatoms. The van der Waals surface area contributed by atoms with Crippen LogP contribution in [0.4, 0.5) is 0 Å². The molecule has 0 radical (unpaired) electrons. The fourth-order valence-corrected chi connectivity index (χ4v) is 3.96. The summed E-state index contributed by atoms with van der Waals surface area (Å²) in [7, 11) is 0. The first-order valence-electron chi connectivity index (χ1n) is 9.39. The molecule has 1 aliphatic heterocycles. The number of hydrogen-bond donors (Lipinski definition) is 0. The minimum absolute atomic E-state index is 0.0549. The molecule has 0 N–H and O–H groups in total. The van der Waals surface area contributed by atoms with Gasteiger partial charge in [0, 0.05) is 22.5 Å². The van der Waals surface area contributed by atoms with Gasteiger partial charge in [0.1, 0.15) is 11.9 Å². The normalized spacial score (nSPS) is 18.6. The van der Waals surface area contributed by atoms with Crippen LogP contribution in [0.5, 0.6) is 0 Å². The Morgan fingerprint density at radius 1 is 0.828 bits per heavy atom. The van der Waals surface area contributed by atoms with Gasteiger partial charge in [-0.1, -0.05) is 77.3 Å². The molecular formula is C24H20Cl2N2O. The summed E-state index contributed by atoms with van der Waals surface area (Å²) in [6.07, 6.45) is 0. The number of halogens is 2. The van der Waals surface area contributed by atoms with E-state index in [1.165, 1.54) is 0 Å². The second kappa shape index (κ2) is 8.02. The Morgan fingerprint density at radius 2 is 1.34 bits per heavy atom. The fraction of sp³-hybridized carbons (Fsp3) is 0.167. The van der Waals surface area contributed by atoms with E-state index < -0.39 is 0 Å². The highest BCUT2D eigenvalue weighted by atomic mass is 35.5. The molecule has 3 aromatic carbocycles. The Balaban J connectivity index is 1.87. The van der Waals surface area contributed by atoms with E-state index in [9.17, 15) is 4.79 Å². The van der Waals surface area contributed by atoms with Crippen molar-refractivity contribution in [3.8, 4) is 0 Å². The standard InChI is InChI=1S/C24H20Cl2N2O/c1-15-3-5-19(6-4-15)24-27-22(17-7-11-20(25)12-8-17)23(28(24)16(2)29)18-9-13-21(26)14-10-18/h3-14,22-23H,1-2H3/t22-,23+/m1/s1. The van der Waals surface area contributed by atoms with Crippen LogP contribution in [0.25, 0.3) is 0 Å². The molecule has 1 aliphatic rings. The zero-order chi connectivity index (χ0) is 20.5. The third-order valence-corrected chi connectivity index (χ3v) is 5.64. The number of hydrogen-bond acceptors (Lipinski definition) is 2. The van der Waals surface area contributed by atoms with Gasteiger partial charge in [-0.2, -0.15) is 0 Å². The number of carbonyl (C=O) groups excluding carboxylic acids is 1. The van der Waals surface area contributed by atoms with E-state index in [1.54, 1.807) is 11.8 Å². The van der Waals surface area contributed by atoms with Crippen molar-refractivity contribution in [3.05, 3.63) is 105 Å². The van der Waals surface area contributed by atoms with Gasteiger partial charge < -0.3 is 0 Å². The zero-order valence-electron chi connectivity index (χ0n) is 16.1. The molecule has 1 amide bonds. The van der Waals surface area contributed by atoms with Crippen LogP contribution < -0.4 is 0 Å². The van der Waals surface area contributed by atoms with Crippen LogP contribution in [0.2, 0.25) is 10.0 Å². The van der Waals surface area contributed by atoms with Crippen molar-refractivity contribution in [2.75, 3.05) is 0 Å². The maximum Gasteiger partial charge on any atom is 0.225 e. The lowest BCUT2D eigenvalue weighted by Crippen LogP contribution is -2.36. The molecule has 0 aliphatic carbocycles. The van der Waals surface area contributed by atoms with Gasteiger partial charge in [0.2, 0.25) is 5.91 Å². The molecule has 0 unspecified atom stereocenters. The van der Waals surface area contributed by atoms with Gasteiger partial charge in [-0.25, -0.2) is 0 Å². The smallest absolute Gasteiger partial charge is 0.225 e. The molecule has 0 fully saturated rings. The highest BCUT2D eigenvalue weighted by Gasteiger charge is 2.40. The minimum Gasteiger partial charge on any atom is -0.287 e. The van der Waals surface area contributed by atoms with Crippen molar-refractivity contribution in [1.29, 1.82) is 0 Å². The summed E-state index contributed by atoms with van der Waals surface area (Å²) in [5.74, 6) is 0.623. The molecular weight excluding hydrogens is 403 g/mol. The Labute approximate surface area is 180 Å². The number of amides is 1. The van der Waals surface area contributed by atoms with Crippen molar-refractivity contribution >= 4 is 34.9 Å². The van der Waals surface area contributed by atoms with Crippen LogP contribution in [0, 0.1) is 6.92 Å². The van der Waals surface area contributed by atoms with Crippen LogP contribution in [0.15, 0.2) is 77.8 Å². The predicted octanol–water partition coefficient (Wildman–Crippen LogP) is 6.39. The van der Waals surface area contributed by atoms with E-state index >= 15 is 0 Å². The summed E-state index contributed by atoms with van der Waals surface area (Å²) in [6, 6.07) is 22.8. The molecule has 3 aromatic rings.